The Morgan fingerprint density at radius 2 is 1.33 bits per heavy atom. The van der Waals surface area contributed by atoms with Crippen molar-refractivity contribution in [2.75, 3.05) is 17.2 Å². The van der Waals surface area contributed by atoms with E-state index in [0.29, 0.717) is 0 Å². The van der Waals surface area contributed by atoms with Crippen molar-refractivity contribution in [1.29, 1.82) is 0 Å². The minimum atomic E-state index is -0.0555. The van der Waals surface area contributed by atoms with Crippen LogP contribution in [0.2, 0.25) is 0 Å². The van der Waals surface area contributed by atoms with E-state index in [0.717, 1.165) is 11.4 Å². The van der Waals surface area contributed by atoms with E-state index in [1.54, 1.807) is 0 Å². The Labute approximate surface area is 113 Å². The van der Waals surface area contributed by atoms with Crippen LogP contribution in [0.1, 0.15) is 0 Å². The Bertz CT molecular complexity index is 474. The monoisotopic (exact) mass is 262 g/mol. The summed E-state index contributed by atoms with van der Waals surface area (Å²) < 4.78 is 0. The zero-order valence-corrected chi connectivity index (χ0v) is 10.6. The van der Waals surface area contributed by atoms with E-state index in [4.69, 9.17) is 0 Å². The summed E-state index contributed by atoms with van der Waals surface area (Å²) in [6.07, 6.45) is 0. The molecule has 0 aliphatic carbocycles. The molecule has 0 spiro atoms. The average Bonchev–Trinajstić information content (AvgIpc) is 2.39. The van der Waals surface area contributed by atoms with Gasteiger partial charge in [0, 0.05) is 11.4 Å². The van der Waals surface area contributed by atoms with E-state index in [2.05, 4.69) is 10.6 Å². The maximum Gasteiger partial charge on any atom is 0.243 e. The van der Waals surface area contributed by atoms with Crippen molar-refractivity contribution in [2.24, 2.45) is 0 Å². The minimum absolute atomic E-state index is 0. The molecule has 0 saturated heterocycles. The summed E-state index contributed by atoms with van der Waals surface area (Å²) in [5.41, 5.74) is 1.75. The van der Waals surface area contributed by atoms with E-state index >= 15 is 0 Å². The molecule has 3 nitrogen and oxygen atoms in total. The van der Waals surface area contributed by atoms with Crippen LogP contribution in [0.4, 0.5) is 11.4 Å². The van der Waals surface area contributed by atoms with Gasteiger partial charge in [0.25, 0.3) is 0 Å². The highest BCUT2D eigenvalue weighted by Gasteiger charge is 2.00. The molecule has 0 aliphatic heterocycles. The quantitative estimate of drug-likeness (QED) is 0.889. The van der Waals surface area contributed by atoms with Crippen molar-refractivity contribution in [1.82, 2.24) is 0 Å². The number of hydrogen-bond donors (Lipinski definition) is 2. The normalized spacial score (nSPS) is 9.11. The van der Waals surface area contributed by atoms with Crippen LogP contribution in [0, 0.1) is 0 Å². The van der Waals surface area contributed by atoms with Gasteiger partial charge in [-0.15, -0.1) is 12.4 Å². The summed E-state index contributed by atoms with van der Waals surface area (Å²) in [6.45, 7) is 0.263. The summed E-state index contributed by atoms with van der Waals surface area (Å²) in [4.78, 5) is 11.6. The smallest absolute Gasteiger partial charge is 0.243 e. The number of carbonyl (C=O) groups excluding carboxylic acids is 1. The van der Waals surface area contributed by atoms with Gasteiger partial charge in [-0.25, -0.2) is 0 Å². The lowest BCUT2D eigenvalue weighted by molar-refractivity contribution is -0.114. The maximum atomic E-state index is 11.6. The zero-order chi connectivity index (χ0) is 11.9. The van der Waals surface area contributed by atoms with Gasteiger partial charge in [-0.1, -0.05) is 36.4 Å². The molecule has 0 unspecified atom stereocenters. The van der Waals surface area contributed by atoms with Crippen LogP contribution < -0.4 is 10.6 Å². The van der Waals surface area contributed by atoms with Gasteiger partial charge in [-0.3, -0.25) is 4.79 Å². The molecule has 0 aromatic heterocycles. The Hall–Kier alpha value is -2.00. The number of anilines is 2. The average molecular weight is 263 g/mol. The van der Waals surface area contributed by atoms with Gasteiger partial charge < -0.3 is 10.6 Å². The van der Waals surface area contributed by atoms with Crippen LogP contribution in [0.5, 0.6) is 0 Å². The third-order valence-corrected chi connectivity index (χ3v) is 2.28. The van der Waals surface area contributed by atoms with Gasteiger partial charge in [-0.05, 0) is 24.3 Å². The molecule has 0 heterocycles. The number of nitrogens with one attached hydrogen (secondary N) is 2. The summed E-state index contributed by atoms with van der Waals surface area (Å²) in [5, 5.41) is 5.86. The highest BCUT2D eigenvalue weighted by atomic mass is 35.5. The fourth-order valence-corrected chi connectivity index (χ4v) is 1.47. The second-order valence-corrected chi connectivity index (χ2v) is 3.63. The van der Waals surface area contributed by atoms with Crippen molar-refractivity contribution >= 4 is 29.7 Å². The lowest BCUT2D eigenvalue weighted by atomic mass is 10.3. The molecule has 94 valence electrons. The molecule has 0 fully saturated rings. The topological polar surface area (TPSA) is 41.1 Å². The molecule has 0 saturated carbocycles. The molecule has 4 heteroatoms. The highest BCUT2D eigenvalue weighted by Crippen LogP contribution is 2.06. The van der Waals surface area contributed by atoms with Gasteiger partial charge >= 0.3 is 0 Å². The number of benzene rings is 2. The summed E-state index contributed by atoms with van der Waals surface area (Å²) in [7, 11) is 0. The number of carbonyl (C=O) groups is 1. The summed E-state index contributed by atoms with van der Waals surface area (Å²) >= 11 is 0. The fourth-order valence-electron chi connectivity index (χ4n) is 1.47. The van der Waals surface area contributed by atoms with Crippen molar-refractivity contribution in [3.05, 3.63) is 60.7 Å². The van der Waals surface area contributed by atoms with Gasteiger partial charge in [-0.2, -0.15) is 0 Å². The first kappa shape index (κ1) is 14.1. The Morgan fingerprint density at radius 3 is 1.89 bits per heavy atom. The molecule has 0 radical (unpaired) electrons. The number of para-hydroxylation sites is 2. The van der Waals surface area contributed by atoms with Gasteiger partial charge in [0.15, 0.2) is 0 Å². The molecule has 18 heavy (non-hydrogen) atoms. The van der Waals surface area contributed by atoms with Crippen molar-refractivity contribution in [3.8, 4) is 0 Å². The largest absolute Gasteiger partial charge is 0.376 e. The second-order valence-electron chi connectivity index (χ2n) is 3.63. The van der Waals surface area contributed by atoms with Crippen LogP contribution in [0.15, 0.2) is 60.7 Å². The number of rotatable bonds is 4. The molecule has 0 atom stereocenters. The molecule has 2 aromatic rings. The standard InChI is InChI=1S/C14H14N2O.ClH/c17-14(16-13-9-5-2-6-10-13)11-15-12-7-3-1-4-8-12;/h1-10,15H,11H2,(H,16,17);1H. The predicted molar refractivity (Wildman–Crippen MR) is 77.3 cm³/mol. The van der Waals surface area contributed by atoms with Gasteiger partial charge in [0.05, 0.1) is 6.54 Å². The van der Waals surface area contributed by atoms with Crippen LogP contribution in [-0.2, 0) is 4.79 Å². The SMILES string of the molecule is Cl.O=C(CNc1ccccc1)Nc1ccccc1. The first-order valence-electron chi connectivity index (χ1n) is 5.48. The van der Waals surface area contributed by atoms with Crippen molar-refractivity contribution < 1.29 is 4.79 Å². The fraction of sp³-hybridized carbons (Fsp3) is 0.0714. The van der Waals surface area contributed by atoms with Crippen LogP contribution >= 0.6 is 12.4 Å². The van der Waals surface area contributed by atoms with E-state index in [-0.39, 0.29) is 24.9 Å². The molecule has 0 bridgehead atoms. The first-order chi connectivity index (χ1) is 8.34. The molecular formula is C14H15ClN2O. The summed E-state index contributed by atoms with van der Waals surface area (Å²) in [6, 6.07) is 19.1. The number of amides is 1. The van der Waals surface area contributed by atoms with Crippen LogP contribution in [0.3, 0.4) is 0 Å². The molecule has 2 N–H and O–H groups in total. The summed E-state index contributed by atoms with van der Waals surface area (Å²) in [5.74, 6) is -0.0555. The van der Waals surface area contributed by atoms with E-state index < -0.39 is 0 Å². The van der Waals surface area contributed by atoms with Crippen LogP contribution in [0.25, 0.3) is 0 Å². The van der Waals surface area contributed by atoms with E-state index in [1.165, 1.54) is 0 Å². The third kappa shape index (κ3) is 4.47. The van der Waals surface area contributed by atoms with Crippen molar-refractivity contribution in [3.63, 3.8) is 0 Å². The Kier molecular flexibility index (Phi) is 5.74. The molecule has 2 aromatic carbocycles. The third-order valence-electron chi connectivity index (χ3n) is 2.28. The first-order valence-corrected chi connectivity index (χ1v) is 5.48. The van der Waals surface area contributed by atoms with Crippen LogP contribution in [-0.4, -0.2) is 12.5 Å². The molecular weight excluding hydrogens is 248 g/mol. The lowest BCUT2D eigenvalue weighted by Gasteiger charge is -2.07. The van der Waals surface area contributed by atoms with E-state index in [1.807, 2.05) is 60.7 Å². The second kappa shape index (κ2) is 7.35. The minimum Gasteiger partial charge on any atom is -0.376 e. The highest BCUT2D eigenvalue weighted by molar-refractivity contribution is 5.93. The van der Waals surface area contributed by atoms with Gasteiger partial charge in [0.1, 0.15) is 0 Å². The zero-order valence-electron chi connectivity index (χ0n) is 9.80. The lowest BCUT2D eigenvalue weighted by Crippen LogP contribution is -2.21. The molecule has 0 aliphatic rings. The molecule has 2 rings (SSSR count). The van der Waals surface area contributed by atoms with Gasteiger partial charge in [0.2, 0.25) is 5.91 Å². The van der Waals surface area contributed by atoms with E-state index in [9.17, 15) is 4.79 Å². The predicted octanol–water partition coefficient (Wildman–Crippen LogP) is 3.16. The Balaban J connectivity index is 0.00000162. The Morgan fingerprint density at radius 1 is 0.833 bits per heavy atom. The number of hydrogen-bond acceptors (Lipinski definition) is 2. The number of halogens is 1. The van der Waals surface area contributed by atoms with Crippen molar-refractivity contribution in [2.45, 2.75) is 0 Å². The molecule has 1 amide bonds. The maximum absolute atomic E-state index is 11.6.